The van der Waals surface area contributed by atoms with Crippen LogP contribution >= 0.6 is 0 Å². The largest absolute Gasteiger partial charge is 0.481 e. The first-order valence-corrected chi connectivity index (χ1v) is 6.87. The molecular weight excluding hydrogens is 234 g/mol. The normalized spacial score (nSPS) is 34.4. The maximum absolute atomic E-state index is 10.9. The highest BCUT2D eigenvalue weighted by Gasteiger charge is 2.33. The molecule has 2 saturated heterocycles. The summed E-state index contributed by atoms with van der Waals surface area (Å²) in [6, 6.07) is 0.480. The Morgan fingerprint density at radius 1 is 1.44 bits per heavy atom. The Bertz CT molecular complexity index is 284. The first-order valence-electron chi connectivity index (χ1n) is 6.87. The van der Waals surface area contributed by atoms with Crippen LogP contribution in [0.3, 0.4) is 0 Å². The lowest BCUT2D eigenvalue weighted by Gasteiger charge is -2.43. The average Bonchev–Trinajstić information content (AvgIpc) is 2.39. The number of morpholine rings is 1. The van der Waals surface area contributed by atoms with Gasteiger partial charge in [-0.25, -0.2) is 0 Å². The van der Waals surface area contributed by atoms with Crippen molar-refractivity contribution in [1.82, 2.24) is 4.90 Å². The Kier molecular flexibility index (Phi) is 4.97. The van der Waals surface area contributed by atoms with Crippen molar-refractivity contribution < 1.29 is 19.4 Å². The van der Waals surface area contributed by atoms with Crippen LogP contribution < -0.4 is 0 Å². The van der Waals surface area contributed by atoms with Crippen LogP contribution in [0.25, 0.3) is 0 Å². The smallest absolute Gasteiger partial charge is 0.305 e. The molecule has 1 N–H and O–H groups in total. The van der Waals surface area contributed by atoms with Gasteiger partial charge in [-0.15, -0.1) is 0 Å². The van der Waals surface area contributed by atoms with Crippen molar-refractivity contribution in [1.29, 1.82) is 0 Å². The fraction of sp³-hybridized carbons (Fsp3) is 0.923. The molecule has 0 spiro atoms. The maximum Gasteiger partial charge on any atom is 0.305 e. The van der Waals surface area contributed by atoms with E-state index in [-0.39, 0.29) is 12.5 Å². The molecule has 0 radical (unpaired) electrons. The zero-order valence-electron chi connectivity index (χ0n) is 11.0. The second-order valence-electron chi connectivity index (χ2n) is 5.14. The van der Waals surface area contributed by atoms with Gasteiger partial charge in [0.25, 0.3) is 0 Å². The Labute approximate surface area is 108 Å². The Morgan fingerprint density at radius 3 is 3.00 bits per heavy atom. The lowest BCUT2D eigenvalue weighted by atomic mass is 9.97. The highest BCUT2D eigenvalue weighted by Crippen LogP contribution is 2.25. The molecule has 2 fully saturated rings. The van der Waals surface area contributed by atoms with Crippen molar-refractivity contribution in [2.24, 2.45) is 0 Å². The lowest BCUT2D eigenvalue weighted by molar-refractivity contribution is -0.142. The number of hydrogen-bond donors (Lipinski definition) is 1. The molecule has 2 heterocycles. The fourth-order valence-electron chi connectivity index (χ4n) is 2.97. The van der Waals surface area contributed by atoms with Gasteiger partial charge >= 0.3 is 5.97 Å². The van der Waals surface area contributed by atoms with Gasteiger partial charge in [-0.05, 0) is 19.3 Å². The molecule has 0 amide bonds. The van der Waals surface area contributed by atoms with E-state index in [1.807, 2.05) is 0 Å². The van der Waals surface area contributed by atoms with E-state index in [4.69, 9.17) is 14.6 Å². The van der Waals surface area contributed by atoms with E-state index in [2.05, 4.69) is 11.8 Å². The standard InChI is InChI=1S/C13H23NO4/c1-2-12-7-10(3-5-18-12)14-4-6-17-9-11(14)8-13(15)16/h10-12H,2-9H2,1H3,(H,15,16). The molecule has 18 heavy (non-hydrogen) atoms. The zero-order chi connectivity index (χ0) is 13.0. The van der Waals surface area contributed by atoms with Gasteiger partial charge in [0.05, 0.1) is 25.7 Å². The molecular formula is C13H23NO4. The molecule has 0 aliphatic carbocycles. The van der Waals surface area contributed by atoms with Crippen molar-refractivity contribution in [3.05, 3.63) is 0 Å². The SMILES string of the molecule is CCC1CC(N2CCOCC2CC(=O)O)CCO1. The van der Waals surface area contributed by atoms with Gasteiger partial charge in [0.15, 0.2) is 0 Å². The summed E-state index contributed by atoms with van der Waals surface area (Å²) >= 11 is 0. The highest BCUT2D eigenvalue weighted by molar-refractivity contribution is 5.67. The monoisotopic (exact) mass is 257 g/mol. The summed E-state index contributed by atoms with van der Waals surface area (Å²) in [5.74, 6) is -0.741. The van der Waals surface area contributed by atoms with Crippen LogP contribution in [0.4, 0.5) is 0 Å². The maximum atomic E-state index is 10.9. The van der Waals surface area contributed by atoms with E-state index in [1.54, 1.807) is 0 Å². The number of ether oxygens (including phenoxy) is 2. The van der Waals surface area contributed by atoms with Gasteiger partial charge in [0.1, 0.15) is 0 Å². The molecule has 2 aliphatic heterocycles. The predicted molar refractivity (Wildman–Crippen MR) is 66.6 cm³/mol. The Morgan fingerprint density at radius 2 is 2.28 bits per heavy atom. The molecule has 5 heteroatoms. The second kappa shape index (κ2) is 6.50. The molecule has 5 nitrogen and oxygen atoms in total. The van der Waals surface area contributed by atoms with Crippen molar-refractivity contribution in [3.63, 3.8) is 0 Å². The highest BCUT2D eigenvalue weighted by atomic mass is 16.5. The van der Waals surface area contributed by atoms with Crippen molar-refractivity contribution in [2.45, 2.75) is 50.8 Å². The minimum atomic E-state index is -0.741. The minimum Gasteiger partial charge on any atom is -0.481 e. The molecule has 2 rings (SSSR count). The van der Waals surface area contributed by atoms with Gasteiger partial charge in [0.2, 0.25) is 0 Å². The Hall–Kier alpha value is -0.650. The van der Waals surface area contributed by atoms with Crippen molar-refractivity contribution >= 4 is 5.97 Å². The number of aliphatic carboxylic acids is 1. The van der Waals surface area contributed by atoms with E-state index < -0.39 is 5.97 Å². The summed E-state index contributed by atoms with van der Waals surface area (Å²) in [5, 5.41) is 8.97. The molecule has 2 aliphatic rings. The second-order valence-corrected chi connectivity index (χ2v) is 5.14. The molecule has 3 atom stereocenters. The van der Waals surface area contributed by atoms with Gasteiger partial charge in [-0.2, -0.15) is 0 Å². The van der Waals surface area contributed by atoms with Gasteiger partial charge in [-0.1, -0.05) is 6.92 Å². The van der Waals surface area contributed by atoms with Gasteiger partial charge in [0, 0.05) is 25.2 Å². The summed E-state index contributed by atoms with van der Waals surface area (Å²) in [6.07, 6.45) is 3.56. The summed E-state index contributed by atoms with van der Waals surface area (Å²) < 4.78 is 11.1. The van der Waals surface area contributed by atoms with Gasteiger partial charge < -0.3 is 14.6 Å². The van der Waals surface area contributed by atoms with Crippen molar-refractivity contribution in [2.75, 3.05) is 26.4 Å². The summed E-state index contributed by atoms with van der Waals surface area (Å²) in [5.41, 5.74) is 0. The zero-order valence-corrected chi connectivity index (χ0v) is 11.0. The molecule has 0 aromatic heterocycles. The van der Waals surface area contributed by atoms with E-state index >= 15 is 0 Å². The molecule has 104 valence electrons. The summed E-state index contributed by atoms with van der Waals surface area (Å²) in [4.78, 5) is 13.2. The van der Waals surface area contributed by atoms with Crippen molar-refractivity contribution in [3.8, 4) is 0 Å². The quantitative estimate of drug-likeness (QED) is 0.818. The van der Waals surface area contributed by atoms with E-state index in [9.17, 15) is 4.79 Å². The number of carboxylic acid groups (broad SMARTS) is 1. The molecule has 0 saturated carbocycles. The average molecular weight is 257 g/mol. The third kappa shape index (κ3) is 3.43. The topological polar surface area (TPSA) is 59.0 Å². The lowest BCUT2D eigenvalue weighted by Crippen LogP contribution is -2.53. The molecule has 0 bridgehead atoms. The number of rotatable bonds is 4. The number of nitrogens with zero attached hydrogens (tertiary/aromatic N) is 1. The first kappa shape index (κ1) is 13.8. The predicted octanol–water partition coefficient (Wildman–Crippen LogP) is 1.12. The summed E-state index contributed by atoms with van der Waals surface area (Å²) in [7, 11) is 0. The van der Waals surface area contributed by atoms with Crippen LogP contribution in [-0.2, 0) is 14.3 Å². The Balaban J connectivity index is 1.96. The van der Waals surface area contributed by atoms with Crippen LogP contribution in [0, 0.1) is 0 Å². The molecule has 0 aromatic carbocycles. The number of carboxylic acids is 1. The van der Waals surface area contributed by atoms with E-state index in [1.165, 1.54) is 0 Å². The third-order valence-corrected chi connectivity index (χ3v) is 3.95. The van der Waals surface area contributed by atoms with Gasteiger partial charge in [-0.3, -0.25) is 9.69 Å². The van der Waals surface area contributed by atoms with Crippen LogP contribution in [0.15, 0.2) is 0 Å². The van der Waals surface area contributed by atoms with Crippen LogP contribution in [-0.4, -0.2) is 60.5 Å². The number of carbonyl (C=O) groups is 1. The van der Waals surface area contributed by atoms with E-state index in [0.29, 0.717) is 25.4 Å². The van der Waals surface area contributed by atoms with Crippen LogP contribution in [0.5, 0.6) is 0 Å². The fourth-order valence-corrected chi connectivity index (χ4v) is 2.97. The molecule has 3 unspecified atom stereocenters. The third-order valence-electron chi connectivity index (χ3n) is 3.95. The number of hydrogen-bond acceptors (Lipinski definition) is 4. The van der Waals surface area contributed by atoms with Crippen LogP contribution in [0.2, 0.25) is 0 Å². The summed E-state index contributed by atoms with van der Waals surface area (Å²) in [6.45, 7) is 5.03. The minimum absolute atomic E-state index is 0.0249. The first-order chi connectivity index (χ1) is 8.70. The molecule has 0 aromatic rings. The van der Waals surface area contributed by atoms with Crippen LogP contribution in [0.1, 0.15) is 32.6 Å². The van der Waals surface area contributed by atoms with E-state index in [0.717, 1.165) is 32.4 Å².